The molecule has 2 heterocycles. The van der Waals surface area contributed by atoms with Gasteiger partial charge in [0.1, 0.15) is 13.2 Å². The van der Waals surface area contributed by atoms with E-state index in [1.54, 1.807) is 30.3 Å². The first kappa shape index (κ1) is 19.3. The van der Waals surface area contributed by atoms with Crippen molar-refractivity contribution in [3.05, 3.63) is 53.9 Å². The van der Waals surface area contributed by atoms with Gasteiger partial charge in [0.05, 0.1) is 11.7 Å². The number of cyclic esters (lactones) is 1. The summed E-state index contributed by atoms with van der Waals surface area (Å²) in [5, 5.41) is 11.7. The van der Waals surface area contributed by atoms with Gasteiger partial charge in [-0.3, -0.25) is 23.9 Å². The molecule has 1 saturated heterocycles. The molecular formula is C19H19N3O6. The monoisotopic (exact) mass is 385 g/mol. The number of carbonyl (C=O) groups excluding carboxylic acids is 4. The molecule has 2 amide bonds. The average molecular weight is 385 g/mol. The van der Waals surface area contributed by atoms with Crippen LogP contribution in [0.1, 0.15) is 27.8 Å². The molecule has 1 unspecified atom stereocenters. The lowest BCUT2D eigenvalue weighted by molar-refractivity contribution is -0.119. The van der Waals surface area contributed by atoms with Crippen molar-refractivity contribution in [3.8, 4) is 0 Å². The number of hydrogen-bond acceptors (Lipinski definition) is 6. The Morgan fingerprint density at radius 3 is 2.57 bits per heavy atom. The maximum absolute atomic E-state index is 12.7. The molecule has 2 aromatic rings. The van der Waals surface area contributed by atoms with Crippen molar-refractivity contribution in [1.82, 2.24) is 9.88 Å². The first-order valence-corrected chi connectivity index (χ1v) is 8.59. The Morgan fingerprint density at radius 1 is 1.21 bits per heavy atom. The van der Waals surface area contributed by atoms with Crippen LogP contribution in [0.3, 0.4) is 0 Å². The van der Waals surface area contributed by atoms with Crippen LogP contribution in [0.2, 0.25) is 0 Å². The van der Waals surface area contributed by atoms with Gasteiger partial charge in [-0.2, -0.15) is 0 Å². The van der Waals surface area contributed by atoms with Crippen molar-refractivity contribution in [3.63, 3.8) is 0 Å². The molecule has 9 heteroatoms. The third kappa shape index (κ3) is 3.79. The van der Waals surface area contributed by atoms with E-state index in [2.05, 4.69) is 5.32 Å². The van der Waals surface area contributed by atoms with E-state index in [1.807, 2.05) is 0 Å². The third-order valence-corrected chi connectivity index (χ3v) is 4.34. The minimum Gasteiger partial charge on any atom is -0.447 e. The molecule has 3 rings (SSSR count). The lowest BCUT2D eigenvalue weighted by Gasteiger charge is -2.21. The van der Waals surface area contributed by atoms with Crippen LogP contribution in [0.15, 0.2) is 42.6 Å². The zero-order valence-electron chi connectivity index (χ0n) is 15.1. The molecule has 1 aromatic carbocycles. The molecule has 0 radical (unpaired) electrons. The number of rotatable bonds is 6. The number of anilines is 1. The van der Waals surface area contributed by atoms with Crippen molar-refractivity contribution in [2.45, 2.75) is 13.0 Å². The van der Waals surface area contributed by atoms with Crippen LogP contribution in [0.4, 0.5) is 10.5 Å². The molecule has 28 heavy (non-hydrogen) atoms. The van der Waals surface area contributed by atoms with Gasteiger partial charge in [-0.05, 0) is 36.4 Å². The summed E-state index contributed by atoms with van der Waals surface area (Å²) in [6.45, 7) is 1.08. The van der Waals surface area contributed by atoms with Crippen LogP contribution in [-0.4, -0.2) is 59.2 Å². The van der Waals surface area contributed by atoms with Crippen molar-refractivity contribution < 1.29 is 29.0 Å². The second kappa shape index (κ2) is 8.05. The van der Waals surface area contributed by atoms with E-state index >= 15 is 0 Å². The van der Waals surface area contributed by atoms with Crippen LogP contribution in [0.5, 0.6) is 0 Å². The van der Waals surface area contributed by atoms with Gasteiger partial charge in [0.15, 0.2) is 0 Å². The molecule has 1 aliphatic heterocycles. The SMILES string of the molecule is CC(=O)NCC1COC(=O)N1c1ccc(C(=O)c2cccn2C(=O)CO)cc1. The summed E-state index contributed by atoms with van der Waals surface area (Å²) in [5.41, 5.74) is 0.979. The first-order valence-electron chi connectivity index (χ1n) is 8.59. The van der Waals surface area contributed by atoms with Crippen molar-refractivity contribution in [1.29, 1.82) is 0 Å². The topological polar surface area (TPSA) is 118 Å². The summed E-state index contributed by atoms with van der Waals surface area (Å²) in [4.78, 5) is 49.0. The largest absolute Gasteiger partial charge is 0.447 e. The molecule has 9 nitrogen and oxygen atoms in total. The van der Waals surface area contributed by atoms with E-state index in [9.17, 15) is 19.2 Å². The Labute approximate surface area is 160 Å². The fraction of sp³-hybridized carbons (Fsp3) is 0.263. The fourth-order valence-electron chi connectivity index (χ4n) is 2.97. The van der Waals surface area contributed by atoms with E-state index < -0.39 is 24.4 Å². The molecule has 1 aliphatic rings. The highest BCUT2D eigenvalue weighted by molar-refractivity contribution is 6.10. The average Bonchev–Trinajstić information content (AvgIpc) is 3.32. The van der Waals surface area contributed by atoms with Crippen LogP contribution < -0.4 is 10.2 Å². The van der Waals surface area contributed by atoms with Crippen LogP contribution in [-0.2, 0) is 9.53 Å². The lowest BCUT2D eigenvalue weighted by Crippen LogP contribution is -2.42. The number of benzene rings is 1. The van der Waals surface area contributed by atoms with Crippen molar-refractivity contribution in [2.24, 2.45) is 0 Å². The van der Waals surface area contributed by atoms with Gasteiger partial charge in [-0.1, -0.05) is 0 Å². The molecule has 2 N–H and O–H groups in total. The summed E-state index contributed by atoms with van der Waals surface area (Å²) < 4.78 is 6.15. The third-order valence-electron chi connectivity index (χ3n) is 4.34. The highest BCUT2D eigenvalue weighted by Gasteiger charge is 2.34. The lowest BCUT2D eigenvalue weighted by atomic mass is 10.1. The van der Waals surface area contributed by atoms with Crippen LogP contribution >= 0.6 is 0 Å². The predicted molar refractivity (Wildman–Crippen MR) is 98.3 cm³/mol. The molecular weight excluding hydrogens is 366 g/mol. The molecule has 0 bridgehead atoms. The van der Waals surface area contributed by atoms with Gasteiger partial charge in [-0.25, -0.2) is 4.79 Å². The maximum Gasteiger partial charge on any atom is 0.414 e. The highest BCUT2D eigenvalue weighted by Crippen LogP contribution is 2.24. The van der Waals surface area contributed by atoms with E-state index in [4.69, 9.17) is 9.84 Å². The van der Waals surface area contributed by atoms with E-state index in [0.29, 0.717) is 11.3 Å². The van der Waals surface area contributed by atoms with Gasteiger partial charge < -0.3 is 15.2 Å². The summed E-state index contributed by atoms with van der Waals surface area (Å²) in [5.74, 6) is -1.21. The summed E-state index contributed by atoms with van der Waals surface area (Å²) in [6, 6.07) is 8.97. The number of hydrogen-bond donors (Lipinski definition) is 2. The van der Waals surface area contributed by atoms with Gasteiger partial charge in [0.2, 0.25) is 11.7 Å². The number of nitrogens with zero attached hydrogens (tertiary/aromatic N) is 2. The standard InChI is InChI=1S/C19H19N3O6/c1-12(24)20-9-15-11-28-19(27)22(15)14-6-4-13(5-7-14)18(26)16-3-2-8-21(16)17(25)10-23/h2-8,15,23H,9-11H2,1H3,(H,20,24). The summed E-state index contributed by atoms with van der Waals surface area (Å²) in [7, 11) is 0. The molecule has 1 aromatic heterocycles. The fourth-order valence-corrected chi connectivity index (χ4v) is 2.97. The number of aromatic nitrogens is 1. The smallest absolute Gasteiger partial charge is 0.414 e. The highest BCUT2D eigenvalue weighted by atomic mass is 16.6. The predicted octanol–water partition coefficient (Wildman–Crippen LogP) is 0.813. The summed E-state index contributed by atoms with van der Waals surface area (Å²) in [6.07, 6.45) is 0.879. The van der Waals surface area contributed by atoms with E-state index in [1.165, 1.54) is 24.1 Å². The number of carbonyl (C=O) groups is 4. The van der Waals surface area contributed by atoms with Crippen LogP contribution in [0, 0.1) is 0 Å². The number of aliphatic hydroxyl groups excluding tert-OH is 1. The van der Waals surface area contributed by atoms with Gasteiger partial charge in [-0.15, -0.1) is 0 Å². The molecule has 1 fully saturated rings. The molecule has 1 atom stereocenters. The minimum atomic E-state index is -0.708. The Hall–Kier alpha value is -3.46. The second-order valence-electron chi connectivity index (χ2n) is 6.23. The second-order valence-corrected chi connectivity index (χ2v) is 6.23. The van der Waals surface area contributed by atoms with Crippen molar-refractivity contribution >= 4 is 29.4 Å². The molecule has 0 saturated carbocycles. The van der Waals surface area contributed by atoms with E-state index in [-0.39, 0.29) is 30.8 Å². The number of ketones is 1. The molecule has 146 valence electrons. The van der Waals surface area contributed by atoms with Gasteiger partial charge >= 0.3 is 6.09 Å². The number of amides is 2. The number of nitrogens with one attached hydrogen (secondary N) is 1. The quantitative estimate of drug-likeness (QED) is 0.711. The Bertz CT molecular complexity index is 918. The zero-order valence-corrected chi connectivity index (χ0v) is 15.1. The Kier molecular flexibility index (Phi) is 5.55. The maximum atomic E-state index is 12.7. The normalized spacial score (nSPS) is 16.0. The molecule has 0 spiro atoms. The van der Waals surface area contributed by atoms with Crippen LogP contribution in [0.25, 0.3) is 0 Å². The minimum absolute atomic E-state index is 0.135. The van der Waals surface area contributed by atoms with E-state index in [0.717, 1.165) is 4.57 Å². The van der Waals surface area contributed by atoms with Gasteiger partial charge in [0, 0.05) is 30.9 Å². The first-order chi connectivity index (χ1) is 13.4. The Balaban J connectivity index is 1.80. The zero-order chi connectivity index (χ0) is 20.3. The number of aliphatic hydroxyl groups is 1. The number of ether oxygens (including phenoxy) is 1. The Morgan fingerprint density at radius 2 is 1.93 bits per heavy atom. The van der Waals surface area contributed by atoms with Crippen molar-refractivity contribution in [2.75, 3.05) is 24.7 Å². The molecule has 0 aliphatic carbocycles. The summed E-state index contributed by atoms with van der Waals surface area (Å²) >= 11 is 0. The van der Waals surface area contributed by atoms with Gasteiger partial charge in [0.25, 0.3) is 5.91 Å².